The molecule has 0 bridgehead atoms. The normalized spacial score (nSPS) is 10.4. The minimum atomic E-state index is 0.357. The van der Waals surface area contributed by atoms with Gasteiger partial charge in [0.05, 0.1) is 18.3 Å². The zero-order chi connectivity index (χ0) is 9.97. The van der Waals surface area contributed by atoms with Crippen molar-refractivity contribution in [3.8, 4) is 0 Å². The van der Waals surface area contributed by atoms with E-state index in [2.05, 4.69) is 24.2 Å². The first-order chi connectivity index (χ1) is 6.75. The summed E-state index contributed by atoms with van der Waals surface area (Å²) in [4.78, 5) is 4.01. The van der Waals surface area contributed by atoms with Crippen molar-refractivity contribution in [3.63, 3.8) is 0 Å². The Morgan fingerprint density at radius 2 is 2.36 bits per heavy atom. The van der Waals surface area contributed by atoms with Crippen LogP contribution in [0.4, 0.5) is 5.82 Å². The zero-order valence-electron chi connectivity index (χ0n) is 7.19. The fraction of sp³-hybridized carbons (Fsp3) is 0.333. The summed E-state index contributed by atoms with van der Waals surface area (Å²) in [5.74, 6) is 1.63. The maximum Gasteiger partial charge on any atom is 0.223 e. The number of rotatable bonds is 3. The Morgan fingerprint density at radius 3 is 2.93 bits per heavy atom. The molecule has 2 aromatic heterocycles. The number of anilines is 1. The number of nitrogens with one attached hydrogen (secondary N) is 1. The smallest absolute Gasteiger partial charge is 0.223 e. The third kappa shape index (κ3) is 1.99. The first-order valence-electron chi connectivity index (χ1n) is 3.77. The summed E-state index contributed by atoms with van der Waals surface area (Å²) in [5.41, 5.74) is 0. The second kappa shape index (κ2) is 3.89. The highest BCUT2D eigenvalue weighted by molar-refractivity contribution is 6.99. The standard InChI is InChI=1S/C6H6ClN5OS/c1-3-9-4(10-13-3)2-8-6-5(7)11-14-12-6/h2H2,1H3,(H,8,12). The first kappa shape index (κ1) is 9.35. The third-order valence-corrected chi connectivity index (χ3v) is 2.32. The summed E-state index contributed by atoms with van der Waals surface area (Å²) in [7, 11) is 0. The van der Waals surface area contributed by atoms with Gasteiger partial charge in [0.1, 0.15) is 0 Å². The number of hydrogen-bond acceptors (Lipinski definition) is 7. The van der Waals surface area contributed by atoms with E-state index < -0.39 is 0 Å². The van der Waals surface area contributed by atoms with Crippen molar-refractivity contribution < 1.29 is 4.52 Å². The Labute approximate surface area is 88.6 Å². The van der Waals surface area contributed by atoms with E-state index in [1.807, 2.05) is 0 Å². The molecule has 0 aliphatic rings. The molecule has 1 N–H and O–H groups in total. The van der Waals surface area contributed by atoms with E-state index in [-0.39, 0.29) is 0 Å². The molecule has 0 fully saturated rings. The Hall–Kier alpha value is -1.21. The maximum atomic E-state index is 5.72. The molecule has 0 unspecified atom stereocenters. The van der Waals surface area contributed by atoms with Gasteiger partial charge in [0.25, 0.3) is 0 Å². The van der Waals surface area contributed by atoms with Crippen LogP contribution in [0.15, 0.2) is 4.52 Å². The molecule has 0 aromatic carbocycles. The van der Waals surface area contributed by atoms with Gasteiger partial charge in [0, 0.05) is 6.92 Å². The lowest BCUT2D eigenvalue weighted by Gasteiger charge is -1.96. The molecule has 0 amide bonds. The number of hydrogen-bond donors (Lipinski definition) is 1. The summed E-state index contributed by atoms with van der Waals surface area (Å²) in [5, 5.41) is 7.01. The summed E-state index contributed by atoms with van der Waals surface area (Å²) >= 11 is 6.77. The van der Waals surface area contributed by atoms with Crippen LogP contribution in [-0.4, -0.2) is 18.9 Å². The Bertz CT molecular complexity index is 427. The van der Waals surface area contributed by atoms with E-state index in [1.165, 1.54) is 0 Å². The van der Waals surface area contributed by atoms with Gasteiger partial charge in [-0.3, -0.25) is 0 Å². The van der Waals surface area contributed by atoms with Gasteiger partial charge in [-0.2, -0.15) is 13.7 Å². The molecule has 0 radical (unpaired) electrons. The maximum absolute atomic E-state index is 5.72. The zero-order valence-corrected chi connectivity index (χ0v) is 8.76. The van der Waals surface area contributed by atoms with E-state index >= 15 is 0 Å². The Morgan fingerprint density at radius 1 is 1.50 bits per heavy atom. The molecule has 0 aliphatic carbocycles. The Kier molecular flexibility index (Phi) is 2.60. The summed E-state index contributed by atoms with van der Waals surface area (Å²) in [6.07, 6.45) is 0. The molecule has 74 valence electrons. The third-order valence-electron chi connectivity index (χ3n) is 1.43. The molecule has 2 heterocycles. The summed E-state index contributed by atoms with van der Waals surface area (Å²) in [6.45, 7) is 2.15. The fourth-order valence-corrected chi connectivity index (χ4v) is 1.54. The molecule has 0 saturated heterocycles. The Balaban J connectivity index is 1.98. The highest BCUT2D eigenvalue weighted by Gasteiger charge is 2.06. The van der Waals surface area contributed by atoms with Crippen LogP contribution in [-0.2, 0) is 6.54 Å². The lowest BCUT2D eigenvalue weighted by atomic mass is 10.5. The van der Waals surface area contributed by atoms with Gasteiger partial charge < -0.3 is 9.84 Å². The largest absolute Gasteiger partial charge is 0.359 e. The summed E-state index contributed by atoms with van der Waals surface area (Å²) in [6, 6.07) is 0. The number of halogens is 1. The van der Waals surface area contributed by atoms with Crippen molar-refractivity contribution in [1.29, 1.82) is 0 Å². The molecule has 0 aliphatic heterocycles. The van der Waals surface area contributed by atoms with Crippen LogP contribution in [0.2, 0.25) is 5.15 Å². The van der Waals surface area contributed by atoms with Crippen molar-refractivity contribution >= 4 is 29.1 Å². The predicted octanol–water partition coefficient (Wildman–Crippen LogP) is 1.50. The minimum Gasteiger partial charge on any atom is -0.359 e. The van der Waals surface area contributed by atoms with Crippen LogP contribution in [0, 0.1) is 6.92 Å². The van der Waals surface area contributed by atoms with Crippen LogP contribution in [0.25, 0.3) is 0 Å². The minimum absolute atomic E-state index is 0.357. The van der Waals surface area contributed by atoms with Crippen molar-refractivity contribution in [2.75, 3.05) is 5.32 Å². The van der Waals surface area contributed by atoms with Crippen molar-refractivity contribution in [2.24, 2.45) is 0 Å². The van der Waals surface area contributed by atoms with Crippen LogP contribution in [0.3, 0.4) is 0 Å². The fourth-order valence-electron chi connectivity index (χ4n) is 0.859. The molecule has 6 nitrogen and oxygen atoms in total. The van der Waals surface area contributed by atoms with Crippen molar-refractivity contribution in [3.05, 3.63) is 16.9 Å². The number of aryl methyl sites for hydroxylation is 1. The molecular formula is C6H6ClN5OS. The predicted molar refractivity (Wildman–Crippen MR) is 51.3 cm³/mol. The molecular weight excluding hydrogens is 226 g/mol. The van der Waals surface area contributed by atoms with Gasteiger partial charge in [-0.25, -0.2) is 0 Å². The van der Waals surface area contributed by atoms with Crippen LogP contribution < -0.4 is 5.32 Å². The lowest BCUT2D eigenvalue weighted by Crippen LogP contribution is -2.01. The van der Waals surface area contributed by atoms with Crippen molar-refractivity contribution in [2.45, 2.75) is 13.5 Å². The van der Waals surface area contributed by atoms with Gasteiger partial charge in [-0.05, 0) is 0 Å². The molecule has 14 heavy (non-hydrogen) atoms. The molecule has 0 spiro atoms. The molecule has 0 atom stereocenters. The second-order valence-electron chi connectivity index (χ2n) is 2.49. The molecule has 0 saturated carbocycles. The van der Waals surface area contributed by atoms with Crippen molar-refractivity contribution in [1.82, 2.24) is 18.9 Å². The monoisotopic (exact) mass is 231 g/mol. The first-order valence-corrected chi connectivity index (χ1v) is 4.87. The quantitative estimate of drug-likeness (QED) is 0.863. The molecule has 2 rings (SSSR count). The van der Waals surface area contributed by atoms with Gasteiger partial charge in [0.15, 0.2) is 16.8 Å². The SMILES string of the molecule is Cc1nc(CNc2nsnc2Cl)no1. The van der Waals surface area contributed by atoms with E-state index in [0.717, 1.165) is 11.7 Å². The molecule has 2 aromatic rings. The summed E-state index contributed by atoms with van der Waals surface area (Å²) < 4.78 is 12.5. The highest BCUT2D eigenvalue weighted by atomic mass is 35.5. The van der Waals surface area contributed by atoms with Gasteiger partial charge in [-0.1, -0.05) is 16.8 Å². The van der Waals surface area contributed by atoms with Gasteiger partial charge in [-0.15, -0.1) is 0 Å². The van der Waals surface area contributed by atoms with E-state index in [4.69, 9.17) is 16.1 Å². The second-order valence-corrected chi connectivity index (χ2v) is 3.37. The average molecular weight is 232 g/mol. The molecule has 8 heteroatoms. The number of aromatic nitrogens is 4. The van der Waals surface area contributed by atoms with Crippen LogP contribution in [0.5, 0.6) is 0 Å². The van der Waals surface area contributed by atoms with E-state index in [0.29, 0.717) is 29.2 Å². The van der Waals surface area contributed by atoms with E-state index in [1.54, 1.807) is 6.92 Å². The number of nitrogens with zero attached hydrogens (tertiary/aromatic N) is 4. The van der Waals surface area contributed by atoms with E-state index in [9.17, 15) is 0 Å². The van der Waals surface area contributed by atoms with Crippen LogP contribution >= 0.6 is 23.3 Å². The van der Waals surface area contributed by atoms with Crippen LogP contribution in [0.1, 0.15) is 11.7 Å². The topological polar surface area (TPSA) is 76.7 Å². The van der Waals surface area contributed by atoms with Gasteiger partial charge in [0.2, 0.25) is 5.89 Å². The average Bonchev–Trinajstić information content (AvgIpc) is 2.72. The highest BCUT2D eigenvalue weighted by Crippen LogP contribution is 2.17. The lowest BCUT2D eigenvalue weighted by molar-refractivity contribution is 0.388. The van der Waals surface area contributed by atoms with Gasteiger partial charge >= 0.3 is 0 Å².